The van der Waals surface area contributed by atoms with Crippen LogP contribution in [0.5, 0.6) is 0 Å². The predicted octanol–water partition coefficient (Wildman–Crippen LogP) is 5.64. The smallest absolute Gasteiger partial charge is 0.258 e. The third-order valence-electron chi connectivity index (χ3n) is 5.94. The molecule has 4 aromatic rings. The van der Waals surface area contributed by atoms with Crippen molar-refractivity contribution in [2.24, 2.45) is 5.10 Å². The normalized spacial score (nSPS) is 15.4. The molecule has 170 valence electrons. The summed E-state index contributed by atoms with van der Waals surface area (Å²) in [6, 6.07) is 21.0. The van der Waals surface area contributed by atoms with Crippen LogP contribution < -0.4 is 10.9 Å². The summed E-state index contributed by atoms with van der Waals surface area (Å²) in [5.41, 5.74) is 3.46. The maximum absolute atomic E-state index is 14.8. The number of aromatic amines is 1. The lowest BCUT2D eigenvalue weighted by Gasteiger charge is -2.24. The number of H-pyrrole nitrogens is 1. The highest BCUT2D eigenvalue weighted by atomic mass is 35.5. The first-order chi connectivity index (χ1) is 16.5. The molecule has 1 aromatic heterocycles. The number of nitrogens with one attached hydrogen (secondary N) is 2. The minimum Gasteiger partial charge on any atom is -0.364 e. The van der Waals surface area contributed by atoms with Gasteiger partial charge in [0, 0.05) is 40.5 Å². The zero-order chi connectivity index (χ0) is 23.8. The summed E-state index contributed by atoms with van der Waals surface area (Å²) in [5, 5.41) is 11.0. The molecule has 1 atom stereocenters. The molecule has 34 heavy (non-hydrogen) atoms. The first kappa shape index (κ1) is 22.3. The Balaban J connectivity index is 1.74. The monoisotopic (exact) mass is 490 g/mol. The van der Waals surface area contributed by atoms with Gasteiger partial charge >= 0.3 is 0 Å². The number of nitrogens with zero attached hydrogens (tertiary/aromatic N) is 2. The van der Waals surface area contributed by atoms with Crippen molar-refractivity contribution >= 4 is 45.5 Å². The van der Waals surface area contributed by atoms with Crippen LogP contribution in [0.1, 0.15) is 23.6 Å². The Morgan fingerprint density at radius 2 is 1.79 bits per heavy atom. The number of hydrogen-bond donors (Lipinski definition) is 2. The Labute approximate surface area is 205 Å². The Hall–Kier alpha value is -3.55. The maximum atomic E-state index is 14.8. The molecule has 0 spiro atoms. The van der Waals surface area contributed by atoms with Gasteiger partial charge in [-0.2, -0.15) is 5.10 Å². The summed E-state index contributed by atoms with van der Waals surface area (Å²) in [5.74, 6) is -0.349. The summed E-state index contributed by atoms with van der Waals surface area (Å²) >= 11 is 11.6. The van der Waals surface area contributed by atoms with E-state index in [9.17, 15) is 9.18 Å². The number of aromatic nitrogens is 1. The molecule has 0 radical (unpaired) electrons. The second-order valence-corrected chi connectivity index (χ2v) is 8.77. The molecule has 2 N–H and O–H groups in total. The molecule has 0 fully saturated rings. The summed E-state index contributed by atoms with van der Waals surface area (Å²) in [4.78, 5) is 16.4. The molecule has 8 heteroatoms. The van der Waals surface area contributed by atoms with E-state index in [4.69, 9.17) is 28.9 Å². The van der Waals surface area contributed by atoms with E-state index in [1.807, 2.05) is 36.4 Å². The van der Waals surface area contributed by atoms with Crippen molar-refractivity contribution in [3.63, 3.8) is 0 Å². The zero-order valence-electron chi connectivity index (χ0n) is 18.2. The van der Waals surface area contributed by atoms with Gasteiger partial charge in [-0.15, -0.1) is 0 Å². The average molecular weight is 491 g/mol. The number of benzene rings is 3. The maximum Gasteiger partial charge on any atom is 0.258 e. The Morgan fingerprint density at radius 3 is 2.53 bits per heavy atom. The molecule has 0 amide bonds. The molecule has 1 aliphatic rings. The molecule has 5 nitrogen and oxygen atoms in total. The summed E-state index contributed by atoms with van der Waals surface area (Å²) < 4.78 is 14.8. The number of fused-ring (bicyclic) bond motifs is 1. The van der Waals surface area contributed by atoms with E-state index in [0.29, 0.717) is 38.9 Å². The number of hydrazone groups is 1. The fourth-order valence-electron chi connectivity index (χ4n) is 4.39. The third-order valence-corrected chi connectivity index (χ3v) is 6.58. The molecule has 1 aliphatic heterocycles. The topological polar surface area (TPSA) is 60.5 Å². The third kappa shape index (κ3) is 3.87. The Bertz CT molecular complexity index is 1500. The van der Waals surface area contributed by atoms with Crippen LogP contribution in [0.3, 0.4) is 0 Å². The van der Waals surface area contributed by atoms with E-state index in [0.717, 1.165) is 16.5 Å². The van der Waals surface area contributed by atoms with Gasteiger partial charge in [-0.1, -0.05) is 60.1 Å². The van der Waals surface area contributed by atoms with E-state index in [-0.39, 0.29) is 11.4 Å². The lowest BCUT2D eigenvalue weighted by molar-refractivity contribution is 0.356. The number of para-hydroxylation sites is 1. The van der Waals surface area contributed by atoms with Crippen molar-refractivity contribution in [2.45, 2.75) is 12.5 Å². The van der Waals surface area contributed by atoms with Crippen LogP contribution >= 0.6 is 23.8 Å². The molecule has 0 saturated carbocycles. The Morgan fingerprint density at radius 1 is 1.09 bits per heavy atom. The lowest BCUT2D eigenvalue weighted by atomic mass is 9.91. The van der Waals surface area contributed by atoms with Gasteiger partial charge in [-0.3, -0.25) is 4.79 Å². The van der Waals surface area contributed by atoms with Gasteiger partial charge in [0.1, 0.15) is 5.82 Å². The first-order valence-electron chi connectivity index (χ1n) is 10.7. The summed E-state index contributed by atoms with van der Waals surface area (Å²) in [7, 11) is 1.69. The minimum atomic E-state index is -0.486. The van der Waals surface area contributed by atoms with E-state index in [1.54, 1.807) is 42.4 Å². The van der Waals surface area contributed by atoms with Gasteiger partial charge in [0.25, 0.3) is 5.56 Å². The number of hydrogen-bond acceptors (Lipinski definition) is 3. The number of thiocarbonyl (C=S) groups is 1. The number of rotatable bonds is 3. The van der Waals surface area contributed by atoms with Gasteiger partial charge in [-0.25, -0.2) is 9.40 Å². The van der Waals surface area contributed by atoms with Crippen LogP contribution in [0.2, 0.25) is 5.02 Å². The molecular formula is C26H20ClFN4OS. The second-order valence-electron chi connectivity index (χ2n) is 7.94. The summed E-state index contributed by atoms with van der Waals surface area (Å²) in [6.45, 7) is 0. The van der Waals surface area contributed by atoms with Crippen molar-refractivity contribution in [3.8, 4) is 11.1 Å². The highest BCUT2D eigenvalue weighted by molar-refractivity contribution is 7.80. The molecule has 3 aromatic carbocycles. The van der Waals surface area contributed by atoms with Gasteiger partial charge in [0.05, 0.1) is 17.3 Å². The quantitative estimate of drug-likeness (QED) is 0.365. The fourth-order valence-corrected chi connectivity index (χ4v) is 4.68. The van der Waals surface area contributed by atoms with Crippen LogP contribution in [0.15, 0.2) is 82.7 Å². The van der Waals surface area contributed by atoms with E-state index in [1.165, 1.54) is 6.07 Å². The van der Waals surface area contributed by atoms with Crippen LogP contribution in [0.25, 0.3) is 22.0 Å². The van der Waals surface area contributed by atoms with Crippen LogP contribution in [0, 0.1) is 5.82 Å². The van der Waals surface area contributed by atoms with Crippen LogP contribution in [0.4, 0.5) is 4.39 Å². The molecule has 2 heterocycles. The van der Waals surface area contributed by atoms with Crippen molar-refractivity contribution < 1.29 is 4.39 Å². The molecule has 0 bridgehead atoms. The predicted molar refractivity (Wildman–Crippen MR) is 139 cm³/mol. The summed E-state index contributed by atoms with van der Waals surface area (Å²) in [6.07, 6.45) is 0.310. The number of halogens is 2. The van der Waals surface area contributed by atoms with E-state index >= 15 is 0 Å². The molecule has 0 unspecified atom stereocenters. The first-order valence-corrected chi connectivity index (χ1v) is 11.5. The second kappa shape index (κ2) is 9.00. The minimum absolute atomic E-state index is 0.271. The van der Waals surface area contributed by atoms with Crippen molar-refractivity contribution in [3.05, 3.63) is 105 Å². The highest BCUT2D eigenvalue weighted by Gasteiger charge is 2.35. The average Bonchev–Trinajstić information content (AvgIpc) is 3.28. The molecular weight excluding hydrogens is 471 g/mol. The van der Waals surface area contributed by atoms with Gasteiger partial charge < -0.3 is 10.3 Å². The van der Waals surface area contributed by atoms with Gasteiger partial charge in [0.15, 0.2) is 5.11 Å². The van der Waals surface area contributed by atoms with Crippen molar-refractivity contribution in [1.29, 1.82) is 0 Å². The molecule has 0 aliphatic carbocycles. The SMILES string of the molecule is CNC(=S)N1N=C(c2c(-c3ccc(Cl)cc3)c3ccccc3[nH]c2=O)C[C@@H]1c1ccccc1F. The molecule has 0 saturated heterocycles. The fraction of sp³-hybridized carbons (Fsp3) is 0.115. The van der Waals surface area contributed by atoms with Crippen molar-refractivity contribution in [1.82, 2.24) is 15.3 Å². The van der Waals surface area contributed by atoms with E-state index in [2.05, 4.69) is 10.3 Å². The van der Waals surface area contributed by atoms with E-state index < -0.39 is 6.04 Å². The zero-order valence-corrected chi connectivity index (χ0v) is 19.8. The van der Waals surface area contributed by atoms with Crippen LogP contribution in [-0.2, 0) is 0 Å². The lowest BCUT2D eigenvalue weighted by Crippen LogP contribution is -2.34. The Kier molecular flexibility index (Phi) is 5.89. The van der Waals surface area contributed by atoms with Crippen LogP contribution in [-0.4, -0.2) is 27.9 Å². The van der Waals surface area contributed by atoms with Gasteiger partial charge in [0.2, 0.25) is 0 Å². The van der Waals surface area contributed by atoms with Crippen molar-refractivity contribution in [2.75, 3.05) is 7.05 Å². The molecule has 5 rings (SSSR count). The largest absolute Gasteiger partial charge is 0.364 e. The van der Waals surface area contributed by atoms with Gasteiger partial charge in [-0.05, 0) is 42.0 Å². The number of pyridine rings is 1. The highest BCUT2D eigenvalue weighted by Crippen LogP contribution is 2.37. The standard InChI is InChI=1S/C26H20ClFN4OS/c1-29-26(34)32-22(17-6-2-4-8-19(17)28)14-21(31-32)24-23(15-10-12-16(27)13-11-15)18-7-3-5-9-20(18)30-25(24)33/h2-13,22H,14H2,1H3,(H,29,34)(H,30,33)/t22-/m1/s1.